The molecule has 1 aliphatic rings. The molecule has 0 aliphatic carbocycles. The summed E-state index contributed by atoms with van der Waals surface area (Å²) in [6, 6.07) is 13.4. The molecule has 1 aromatic heterocycles. The zero-order valence-electron chi connectivity index (χ0n) is 15.6. The summed E-state index contributed by atoms with van der Waals surface area (Å²) >= 11 is 0. The van der Waals surface area contributed by atoms with Crippen LogP contribution in [0.3, 0.4) is 0 Å². The van der Waals surface area contributed by atoms with Gasteiger partial charge in [0.15, 0.2) is 11.5 Å². The summed E-state index contributed by atoms with van der Waals surface area (Å²) in [5.74, 6) is 2.03. The van der Waals surface area contributed by atoms with Crippen LogP contribution in [0.1, 0.15) is 6.42 Å². The number of phenols is 1. The lowest BCUT2D eigenvalue weighted by Crippen LogP contribution is -2.39. The first-order valence-corrected chi connectivity index (χ1v) is 9.17. The minimum absolute atomic E-state index is 0. The monoisotopic (exact) mass is 419 g/mol. The van der Waals surface area contributed by atoms with Crippen LogP contribution in [0, 0.1) is 0 Å². The van der Waals surface area contributed by atoms with Gasteiger partial charge >= 0.3 is 5.63 Å². The van der Waals surface area contributed by atoms with Gasteiger partial charge in [-0.15, -0.1) is 12.4 Å². The Labute approximate surface area is 173 Å². The molecule has 0 amide bonds. The van der Waals surface area contributed by atoms with Crippen molar-refractivity contribution in [2.75, 3.05) is 26.3 Å². The summed E-state index contributed by atoms with van der Waals surface area (Å²) < 4.78 is 22.3. The van der Waals surface area contributed by atoms with Gasteiger partial charge in [0.25, 0.3) is 0 Å². The lowest BCUT2D eigenvalue weighted by atomic mass is 10.2. The third-order valence-electron chi connectivity index (χ3n) is 4.38. The van der Waals surface area contributed by atoms with Crippen LogP contribution < -0.4 is 25.2 Å². The van der Waals surface area contributed by atoms with Crippen molar-refractivity contribution in [3.05, 3.63) is 59.0 Å². The molecule has 0 spiro atoms. The van der Waals surface area contributed by atoms with E-state index in [-0.39, 0.29) is 29.9 Å². The maximum atomic E-state index is 11.3. The zero-order valence-corrected chi connectivity index (χ0v) is 16.4. The molecule has 8 heteroatoms. The van der Waals surface area contributed by atoms with E-state index in [1.165, 1.54) is 6.07 Å². The molecular formula is C21H22ClNO6. The lowest BCUT2D eigenvalue weighted by molar-refractivity contribution is 0.0898. The Morgan fingerprint density at radius 2 is 1.97 bits per heavy atom. The van der Waals surface area contributed by atoms with Gasteiger partial charge in [0.2, 0.25) is 0 Å². The first-order chi connectivity index (χ1) is 13.7. The molecule has 0 saturated heterocycles. The predicted molar refractivity (Wildman–Crippen MR) is 111 cm³/mol. The highest BCUT2D eigenvalue weighted by Crippen LogP contribution is 2.34. The quantitative estimate of drug-likeness (QED) is 0.449. The molecule has 29 heavy (non-hydrogen) atoms. The SMILES string of the molecule is Cl.O=c1ccc2ccc(OCCCNCC3COc4ccc(O)cc4O3)cc2o1. The van der Waals surface area contributed by atoms with E-state index in [4.69, 9.17) is 18.6 Å². The third kappa shape index (κ3) is 5.34. The minimum Gasteiger partial charge on any atom is -0.508 e. The Balaban J connectivity index is 0.00000240. The van der Waals surface area contributed by atoms with Crippen molar-refractivity contribution in [2.24, 2.45) is 0 Å². The average molecular weight is 420 g/mol. The van der Waals surface area contributed by atoms with Crippen molar-refractivity contribution >= 4 is 23.4 Å². The molecule has 154 valence electrons. The number of hydrogen-bond acceptors (Lipinski definition) is 7. The fraction of sp³-hybridized carbons (Fsp3) is 0.286. The highest BCUT2D eigenvalue weighted by Gasteiger charge is 2.20. The van der Waals surface area contributed by atoms with Crippen molar-refractivity contribution in [3.63, 3.8) is 0 Å². The van der Waals surface area contributed by atoms with Crippen LogP contribution in [0.4, 0.5) is 0 Å². The van der Waals surface area contributed by atoms with Gasteiger partial charge in [-0.1, -0.05) is 0 Å². The molecule has 4 rings (SSSR count). The van der Waals surface area contributed by atoms with E-state index in [1.54, 1.807) is 30.3 Å². The highest BCUT2D eigenvalue weighted by molar-refractivity contribution is 5.85. The van der Waals surface area contributed by atoms with Crippen LogP contribution in [0.2, 0.25) is 0 Å². The smallest absolute Gasteiger partial charge is 0.336 e. The zero-order chi connectivity index (χ0) is 19.3. The number of hydrogen-bond donors (Lipinski definition) is 2. The maximum Gasteiger partial charge on any atom is 0.336 e. The Morgan fingerprint density at radius 1 is 1.10 bits per heavy atom. The van der Waals surface area contributed by atoms with Crippen molar-refractivity contribution < 1.29 is 23.7 Å². The molecule has 0 saturated carbocycles. The van der Waals surface area contributed by atoms with Crippen LogP contribution in [0.5, 0.6) is 23.0 Å². The van der Waals surface area contributed by atoms with Gasteiger partial charge < -0.3 is 29.1 Å². The molecular weight excluding hydrogens is 398 g/mol. The van der Waals surface area contributed by atoms with Gasteiger partial charge in [0.05, 0.1) is 6.61 Å². The third-order valence-corrected chi connectivity index (χ3v) is 4.38. The van der Waals surface area contributed by atoms with Crippen LogP contribution in [-0.2, 0) is 0 Å². The van der Waals surface area contributed by atoms with Crippen LogP contribution in [0.25, 0.3) is 11.0 Å². The molecule has 1 aliphatic heterocycles. The van der Waals surface area contributed by atoms with E-state index in [9.17, 15) is 9.90 Å². The van der Waals surface area contributed by atoms with E-state index in [0.717, 1.165) is 18.4 Å². The summed E-state index contributed by atoms with van der Waals surface area (Å²) in [5.41, 5.74) is 0.143. The number of ether oxygens (including phenoxy) is 3. The van der Waals surface area contributed by atoms with Gasteiger partial charge in [-0.2, -0.15) is 0 Å². The average Bonchev–Trinajstić information content (AvgIpc) is 2.70. The first-order valence-electron chi connectivity index (χ1n) is 9.17. The normalized spacial score (nSPS) is 15.0. The first kappa shape index (κ1) is 20.8. The molecule has 3 aromatic rings. The number of rotatable bonds is 7. The number of nitrogens with one attached hydrogen (secondary N) is 1. The lowest BCUT2D eigenvalue weighted by Gasteiger charge is -2.26. The van der Waals surface area contributed by atoms with E-state index >= 15 is 0 Å². The number of benzene rings is 2. The summed E-state index contributed by atoms with van der Waals surface area (Å²) in [7, 11) is 0. The number of aromatic hydroxyl groups is 1. The summed E-state index contributed by atoms with van der Waals surface area (Å²) in [4.78, 5) is 11.3. The molecule has 1 atom stereocenters. The predicted octanol–water partition coefficient (Wildman–Crippen LogP) is 3.12. The Hall–Kier alpha value is -2.90. The highest BCUT2D eigenvalue weighted by atomic mass is 35.5. The van der Waals surface area contributed by atoms with Gasteiger partial charge in [0, 0.05) is 30.1 Å². The minimum atomic E-state index is -0.374. The Morgan fingerprint density at radius 3 is 2.86 bits per heavy atom. The summed E-state index contributed by atoms with van der Waals surface area (Å²) in [6.45, 7) is 2.39. The van der Waals surface area contributed by atoms with Gasteiger partial charge in [-0.25, -0.2) is 4.79 Å². The topological polar surface area (TPSA) is 90.2 Å². The number of halogens is 1. The number of fused-ring (bicyclic) bond motifs is 2. The molecule has 2 N–H and O–H groups in total. The fourth-order valence-corrected chi connectivity index (χ4v) is 2.99. The van der Waals surface area contributed by atoms with Crippen molar-refractivity contribution in [1.82, 2.24) is 5.32 Å². The van der Waals surface area contributed by atoms with Crippen molar-refractivity contribution in [1.29, 1.82) is 0 Å². The maximum absolute atomic E-state index is 11.3. The van der Waals surface area contributed by atoms with Crippen LogP contribution in [0.15, 0.2) is 57.7 Å². The molecule has 2 aromatic carbocycles. The van der Waals surface area contributed by atoms with Gasteiger partial charge in [0.1, 0.15) is 29.8 Å². The van der Waals surface area contributed by atoms with E-state index in [2.05, 4.69) is 5.32 Å². The second-order valence-electron chi connectivity index (χ2n) is 6.54. The van der Waals surface area contributed by atoms with Gasteiger partial charge in [-0.3, -0.25) is 0 Å². The van der Waals surface area contributed by atoms with Crippen molar-refractivity contribution in [2.45, 2.75) is 12.5 Å². The van der Waals surface area contributed by atoms with E-state index in [0.29, 0.717) is 42.6 Å². The van der Waals surface area contributed by atoms with E-state index in [1.807, 2.05) is 12.1 Å². The summed E-state index contributed by atoms with van der Waals surface area (Å²) in [5, 5.41) is 13.7. The molecule has 7 nitrogen and oxygen atoms in total. The Bertz CT molecular complexity index is 1020. The van der Waals surface area contributed by atoms with E-state index < -0.39 is 0 Å². The van der Waals surface area contributed by atoms with Gasteiger partial charge in [-0.05, 0) is 43.3 Å². The summed E-state index contributed by atoms with van der Waals surface area (Å²) in [6.07, 6.45) is 0.695. The fourth-order valence-electron chi connectivity index (χ4n) is 2.99. The molecule has 1 unspecified atom stereocenters. The molecule has 0 fully saturated rings. The second-order valence-corrected chi connectivity index (χ2v) is 6.54. The molecule has 0 radical (unpaired) electrons. The largest absolute Gasteiger partial charge is 0.508 e. The van der Waals surface area contributed by atoms with Crippen LogP contribution in [-0.4, -0.2) is 37.5 Å². The molecule has 0 bridgehead atoms. The molecule has 2 heterocycles. The Kier molecular flexibility index (Phi) is 6.85. The van der Waals surface area contributed by atoms with Crippen LogP contribution >= 0.6 is 12.4 Å². The number of phenolic OH excluding ortho intramolecular Hbond substituents is 1. The standard InChI is InChI=1S/C21H21NO6.ClH/c23-15-4-6-18-20(10-15)27-17(13-26-18)12-22-8-1-9-25-16-5-2-14-3-7-21(24)28-19(14)11-16;/h2-7,10-11,17,22-23H,1,8-9,12-13H2;1H. The second kappa shape index (κ2) is 9.54. The van der Waals surface area contributed by atoms with Crippen molar-refractivity contribution in [3.8, 4) is 23.0 Å².